The van der Waals surface area contributed by atoms with Gasteiger partial charge in [-0.15, -0.1) is 5.10 Å². The van der Waals surface area contributed by atoms with E-state index in [-0.39, 0.29) is 5.69 Å². The van der Waals surface area contributed by atoms with Crippen LogP contribution in [-0.2, 0) is 0 Å². The van der Waals surface area contributed by atoms with Gasteiger partial charge >= 0.3 is 0 Å². The Labute approximate surface area is 131 Å². The standard InChI is InChI=1S/C15H13N7O/c1-7-8(2)19-22-15(11(7)6-16)18-9-3-4-12-10(5-9)13(14(17)23)21-20-12/h3-5H,1-2H3,(H2,17,23)(H,18,22)(H,20,21). The second-order valence-electron chi connectivity index (χ2n) is 5.07. The normalized spacial score (nSPS) is 10.5. The number of anilines is 2. The van der Waals surface area contributed by atoms with Crippen LogP contribution >= 0.6 is 0 Å². The van der Waals surface area contributed by atoms with E-state index < -0.39 is 5.91 Å². The third-order valence-electron chi connectivity index (χ3n) is 3.63. The maximum atomic E-state index is 11.4. The zero-order chi connectivity index (χ0) is 16.6. The number of amides is 1. The van der Waals surface area contributed by atoms with Crippen LogP contribution in [0.1, 0.15) is 27.3 Å². The average Bonchev–Trinajstić information content (AvgIpc) is 2.94. The number of benzene rings is 1. The minimum atomic E-state index is -0.614. The highest BCUT2D eigenvalue weighted by atomic mass is 16.1. The van der Waals surface area contributed by atoms with Gasteiger partial charge in [-0.2, -0.15) is 15.5 Å². The number of nitrogens with zero attached hydrogens (tertiary/aromatic N) is 4. The van der Waals surface area contributed by atoms with Gasteiger partial charge in [0.15, 0.2) is 11.5 Å². The lowest BCUT2D eigenvalue weighted by molar-refractivity contribution is 0.0997. The molecule has 4 N–H and O–H groups in total. The highest BCUT2D eigenvalue weighted by Gasteiger charge is 2.14. The minimum Gasteiger partial charge on any atom is -0.364 e. The first-order valence-corrected chi connectivity index (χ1v) is 6.80. The highest BCUT2D eigenvalue weighted by molar-refractivity contribution is 6.04. The van der Waals surface area contributed by atoms with Crippen LogP contribution in [0.5, 0.6) is 0 Å². The molecule has 0 radical (unpaired) electrons. The predicted molar refractivity (Wildman–Crippen MR) is 84.1 cm³/mol. The molecular weight excluding hydrogens is 294 g/mol. The second-order valence-corrected chi connectivity index (χ2v) is 5.07. The quantitative estimate of drug-likeness (QED) is 0.674. The molecule has 0 saturated carbocycles. The molecule has 2 heterocycles. The van der Waals surface area contributed by atoms with Crippen LogP contribution in [-0.4, -0.2) is 26.3 Å². The summed E-state index contributed by atoms with van der Waals surface area (Å²) in [6, 6.07) is 7.39. The van der Waals surface area contributed by atoms with E-state index in [1.165, 1.54) is 0 Å². The van der Waals surface area contributed by atoms with Crippen molar-refractivity contribution in [1.29, 1.82) is 5.26 Å². The molecule has 3 aromatic rings. The molecule has 0 unspecified atom stereocenters. The van der Waals surface area contributed by atoms with E-state index in [4.69, 9.17) is 5.73 Å². The van der Waals surface area contributed by atoms with E-state index in [2.05, 4.69) is 31.8 Å². The number of aryl methyl sites for hydroxylation is 1. The fraction of sp³-hybridized carbons (Fsp3) is 0.133. The first kappa shape index (κ1) is 14.5. The van der Waals surface area contributed by atoms with E-state index in [9.17, 15) is 10.1 Å². The van der Waals surface area contributed by atoms with Gasteiger partial charge in [-0.25, -0.2) is 0 Å². The number of carbonyl (C=O) groups is 1. The molecule has 2 aromatic heterocycles. The zero-order valence-corrected chi connectivity index (χ0v) is 12.5. The van der Waals surface area contributed by atoms with Gasteiger partial charge < -0.3 is 11.1 Å². The maximum absolute atomic E-state index is 11.4. The van der Waals surface area contributed by atoms with Crippen LogP contribution < -0.4 is 11.1 Å². The summed E-state index contributed by atoms with van der Waals surface area (Å²) in [6.45, 7) is 3.61. The molecule has 1 amide bonds. The summed E-state index contributed by atoms with van der Waals surface area (Å²) in [6.07, 6.45) is 0. The number of hydrogen-bond donors (Lipinski definition) is 3. The van der Waals surface area contributed by atoms with Crippen molar-refractivity contribution in [2.75, 3.05) is 5.32 Å². The molecule has 0 atom stereocenters. The minimum absolute atomic E-state index is 0.162. The maximum Gasteiger partial charge on any atom is 0.269 e. The summed E-state index contributed by atoms with van der Waals surface area (Å²) < 4.78 is 0. The third-order valence-corrected chi connectivity index (χ3v) is 3.63. The Morgan fingerprint density at radius 3 is 2.83 bits per heavy atom. The molecule has 8 nitrogen and oxygen atoms in total. The number of hydrogen-bond acceptors (Lipinski definition) is 6. The monoisotopic (exact) mass is 307 g/mol. The molecule has 114 valence electrons. The number of nitrogens with one attached hydrogen (secondary N) is 2. The molecule has 23 heavy (non-hydrogen) atoms. The Morgan fingerprint density at radius 2 is 2.13 bits per heavy atom. The van der Waals surface area contributed by atoms with Gasteiger partial charge in [-0.05, 0) is 37.6 Å². The molecule has 3 rings (SSSR count). The number of carbonyl (C=O) groups excluding carboxylic acids is 1. The predicted octanol–water partition coefficient (Wildman–Crippen LogP) is 1.68. The van der Waals surface area contributed by atoms with E-state index in [0.717, 1.165) is 5.56 Å². The Morgan fingerprint density at radius 1 is 1.35 bits per heavy atom. The summed E-state index contributed by atoms with van der Waals surface area (Å²) in [5.41, 5.74) is 8.71. The number of nitriles is 1. The number of nitrogens with two attached hydrogens (primary N) is 1. The number of fused-ring (bicyclic) bond motifs is 1. The van der Waals surface area contributed by atoms with Crippen LogP contribution in [0.3, 0.4) is 0 Å². The third kappa shape index (κ3) is 2.44. The average molecular weight is 307 g/mol. The summed E-state index contributed by atoms with van der Waals surface area (Å²) in [7, 11) is 0. The van der Waals surface area contributed by atoms with Crippen molar-refractivity contribution in [3.8, 4) is 6.07 Å². The van der Waals surface area contributed by atoms with E-state index >= 15 is 0 Å². The first-order valence-electron chi connectivity index (χ1n) is 6.80. The van der Waals surface area contributed by atoms with Crippen molar-refractivity contribution in [2.45, 2.75) is 13.8 Å². The van der Waals surface area contributed by atoms with Crippen molar-refractivity contribution >= 4 is 28.3 Å². The Kier molecular flexibility index (Phi) is 3.38. The lowest BCUT2D eigenvalue weighted by Gasteiger charge is -2.09. The number of aromatic amines is 1. The summed E-state index contributed by atoms with van der Waals surface area (Å²) in [5.74, 6) is -0.254. The van der Waals surface area contributed by atoms with Gasteiger partial charge in [-0.1, -0.05) is 0 Å². The fourth-order valence-corrected chi connectivity index (χ4v) is 2.25. The summed E-state index contributed by atoms with van der Waals surface area (Å²) >= 11 is 0. The van der Waals surface area contributed by atoms with Crippen LogP contribution in [0.4, 0.5) is 11.5 Å². The highest BCUT2D eigenvalue weighted by Crippen LogP contribution is 2.25. The van der Waals surface area contributed by atoms with Gasteiger partial charge in [0, 0.05) is 11.1 Å². The number of primary amides is 1. The van der Waals surface area contributed by atoms with Crippen molar-refractivity contribution in [1.82, 2.24) is 20.4 Å². The van der Waals surface area contributed by atoms with Crippen molar-refractivity contribution < 1.29 is 4.79 Å². The number of aromatic nitrogens is 4. The molecule has 0 fully saturated rings. The van der Waals surface area contributed by atoms with Gasteiger partial charge in [0.05, 0.1) is 11.2 Å². The first-order chi connectivity index (χ1) is 11.0. The molecule has 0 bridgehead atoms. The smallest absolute Gasteiger partial charge is 0.269 e. The zero-order valence-electron chi connectivity index (χ0n) is 12.5. The molecule has 8 heteroatoms. The molecule has 1 aromatic carbocycles. The lowest BCUT2D eigenvalue weighted by Crippen LogP contribution is -2.11. The SMILES string of the molecule is Cc1nnc(Nc2ccc3[nH]nc(C(N)=O)c3c2)c(C#N)c1C. The van der Waals surface area contributed by atoms with E-state index in [1.54, 1.807) is 25.1 Å². The molecule has 0 aliphatic heterocycles. The van der Waals surface area contributed by atoms with Gasteiger partial charge in [0.2, 0.25) is 0 Å². The summed E-state index contributed by atoms with van der Waals surface area (Å²) in [5, 5.41) is 27.7. The van der Waals surface area contributed by atoms with Crippen LogP contribution in [0.2, 0.25) is 0 Å². The van der Waals surface area contributed by atoms with Crippen molar-refractivity contribution in [3.63, 3.8) is 0 Å². The molecule has 0 aliphatic carbocycles. The molecule has 0 aliphatic rings. The Bertz CT molecular complexity index is 968. The largest absolute Gasteiger partial charge is 0.364 e. The number of H-pyrrole nitrogens is 1. The van der Waals surface area contributed by atoms with E-state index in [1.807, 2.05) is 6.92 Å². The summed E-state index contributed by atoms with van der Waals surface area (Å²) in [4.78, 5) is 11.4. The Hall–Kier alpha value is -3.47. The van der Waals surface area contributed by atoms with Crippen LogP contribution in [0, 0.1) is 25.2 Å². The molecule has 0 saturated heterocycles. The number of rotatable bonds is 3. The van der Waals surface area contributed by atoms with Crippen molar-refractivity contribution in [3.05, 3.63) is 40.7 Å². The second kappa shape index (κ2) is 5.38. The van der Waals surface area contributed by atoms with Gasteiger partial charge in [0.25, 0.3) is 5.91 Å². The van der Waals surface area contributed by atoms with Gasteiger partial charge in [-0.3, -0.25) is 9.89 Å². The van der Waals surface area contributed by atoms with Crippen molar-refractivity contribution in [2.24, 2.45) is 5.73 Å². The lowest BCUT2D eigenvalue weighted by atomic mass is 10.1. The topological polar surface area (TPSA) is 133 Å². The van der Waals surface area contributed by atoms with E-state index in [0.29, 0.717) is 33.7 Å². The Balaban J connectivity index is 2.06. The van der Waals surface area contributed by atoms with Gasteiger partial charge in [0.1, 0.15) is 11.6 Å². The van der Waals surface area contributed by atoms with Crippen LogP contribution in [0.15, 0.2) is 18.2 Å². The molecular formula is C15H13N7O. The fourth-order valence-electron chi connectivity index (χ4n) is 2.25. The van der Waals surface area contributed by atoms with Crippen LogP contribution in [0.25, 0.3) is 10.9 Å². The molecule has 0 spiro atoms.